The van der Waals surface area contributed by atoms with E-state index in [4.69, 9.17) is 27.9 Å². The van der Waals surface area contributed by atoms with Crippen LogP contribution in [0.4, 0.5) is 0 Å². The Morgan fingerprint density at radius 3 is 2.26 bits per heavy atom. The summed E-state index contributed by atoms with van der Waals surface area (Å²) in [6, 6.07) is 12.7. The number of hydrogen-bond acceptors (Lipinski definition) is 2. The van der Waals surface area contributed by atoms with Crippen molar-refractivity contribution in [2.24, 2.45) is 5.92 Å². The Morgan fingerprint density at radius 2 is 1.70 bits per heavy atom. The third-order valence-corrected chi connectivity index (χ3v) is 4.99. The fourth-order valence-electron chi connectivity index (χ4n) is 1.96. The molecule has 0 N–H and O–H groups in total. The van der Waals surface area contributed by atoms with E-state index in [2.05, 4.69) is 13.8 Å². The molecule has 23 heavy (non-hydrogen) atoms. The molecule has 2 aromatic rings. The highest BCUT2D eigenvalue weighted by Crippen LogP contribution is 2.30. The minimum Gasteiger partial charge on any atom is -0.494 e. The van der Waals surface area contributed by atoms with Crippen LogP contribution in [0.15, 0.2) is 42.5 Å². The molecule has 0 bridgehead atoms. The Hall–Kier alpha value is -1.08. The molecule has 2 aromatic carbocycles. The second-order valence-electron chi connectivity index (χ2n) is 5.61. The van der Waals surface area contributed by atoms with Crippen molar-refractivity contribution in [3.05, 3.63) is 58.1 Å². The Morgan fingerprint density at radius 1 is 1.09 bits per heavy atom. The lowest BCUT2D eigenvalue weighted by molar-refractivity contribution is 0.108. The maximum atomic E-state index is 12.4. The molecule has 5 heteroatoms. The topological polar surface area (TPSA) is 26.3 Å². The monoisotopic (exact) mass is 368 g/mol. The number of ether oxygens (including phenoxy) is 1. The van der Waals surface area contributed by atoms with Crippen LogP contribution in [0, 0.1) is 5.92 Å². The molecule has 0 radical (unpaired) electrons. The predicted octanol–water partition coefficient (Wildman–Crippen LogP) is 5.56. The zero-order valence-corrected chi connectivity index (χ0v) is 15.6. The first-order valence-corrected chi connectivity index (χ1v) is 9.21. The van der Waals surface area contributed by atoms with Crippen LogP contribution in [0.3, 0.4) is 0 Å². The zero-order chi connectivity index (χ0) is 16.8. The van der Waals surface area contributed by atoms with E-state index in [9.17, 15) is 4.79 Å². The molecule has 0 aromatic heterocycles. The van der Waals surface area contributed by atoms with Crippen molar-refractivity contribution >= 4 is 42.6 Å². The predicted molar refractivity (Wildman–Crippen MR) is 100 cm³/mol. The van der Waals surface area contributed by atoms with E-state index in [1.807, 2.05) is 24.3 Å². The lowest BCUT2D eigenvalue weighted by Crippen LogP contribution is -2.04. The van der Waals surface area contributed by atoms with Gasteiger partial charge in [-0.2, -0.15) is 0 Å². The molecule has 0 aliphatic rings. The van der Waals surface area contributed by atoms with E-state index in [0.29, 0.717) is 28.1 Å². The Balaban J connectivity index is 1.99. The van der Waals surface area contributed by atoms with Crippen LogP contribution >= 0.6 is 31.8 Å². The fourth-order valence-corrected chi connectivity index (χ4v) is 3.67. The number of halogens is 2. The minimum absolute atomic E-state index is 0.0202. The summed E-state index contributed by atoms with van der Waals surface area (Å²) in [5, 5.41) is 1.72. The third kappa shape index (κ3) is 5.49. The normalized spacial score (nSPS) is 11.3. The Bertz CT molecular complexity index is 649. The molecule has 1 atom stereocenters. The molecule has 0 heterocycles. The summed E-state index contributed by atoms with van der Waals surface area (Å²) in [6.45, 7) is 5.03. The first kappa shape index (κ1) is 18.3. The Kier molecular flexibility index (Phi) is 6.89. The lowest BCUT2D eigenvalue weighted by Gasteiger charge is -2.09. The quantitative estimate of drug-likeness (QED) is 0.597. The van der Waals surface area contributed by atoms with E-state index in [1.54, 1.807) is 18.2 Å². The Labute approximate surface area is 148 Å². The molecular formula is C18H19Cl2O2P. The van der Waals surface area contributed by atoms with Gasteiger partial charge >= 0.3 is 0 Å². The van der Waals surface area contributed by atoms with Crippen LogP contribution in [0.25, 0.3) is 0 Å². The van der Waals surface area contributed by atoms with Gasteiger partial charge in [0.15, 0.2) is 5.52 Å². The van der Waals surface area contributed by atoms with E-state index in [-0.39, 0.29) is 14.1 Å². The number of rotatable bonds is 7. The minimum atomic E-state index is -0.0610. The summed E-state index contributed by atoms with van der Waals surface area (Å²) in [5.41, 5.74) is 0.334. The summed E-state index contributed by atoms with van der Waals surface area (Å²) < 4.78 is 5.68. The molecule has 0 amide bonds. The zero-order valence-electron chi connectivity index (χ0n) is 13.1. The summed E-state index contributed by atoms with van der Waals surface area (Å²) in [6.07, 6.45) is 1.02. The van der Waals surface area contributed by atoms with Crippen LogP contribution in [-0.4, -0.2) is 12.1 Å². The molecule has 0 saturated carbocycles. The second-order valence-corrected chi connectivity index (χ2v) is 7.70. The van der Waals surface area contributed by atoms with Crippen molar-refractivity contribution in [1.29, 1.82) is 0 Å². The molecule has 0 aliphatic heterocycles. The van der Waals surface area contributed by atoms with Crippen LogP contribution in [0.2, 0.25) is 10.0 Å². The van der Waals surface area contributed by atoms with Crippen molar-refractivity contribution in [3.63, 3.8) is 0 Å². The standard InChI is InChI=1S/C18H19Cl2O2P/c1-12(2)10-11-22-13-6-8-14(9-7-13)23-18(21)17-15(19)4-3-5-16(17)20/h3-9,12,23H,10-11H2,1-2H3. The maximum Gasteiger partial charge on any atom is 0.188 e. The molecule has 2 nitrogen and oxygen atoms in total. The number of hydrogen-bond donors (Lipinski definition) is 0. The number of carbonyl (C=O) groups is 1. The molecule has 0 saturated heterocycles. The lowest BCUT2D eigenvalue weighted by atomic mass is 10.1. The van der Waals surface area contributed by atoms with Crippen molar-refractivity contribution in [3.8, 4) is 5.75 Å². The fraction of sp³-hybridized carbons (Fsp3) is 0.278. The van der Waals surface area contributed by atoms with Crippen LogP contribution in [0.1, 0.15) is 30.6 Å². The largest absolute Gasteiger partial charge is 0.494 e. The number of carbonyl (C=O) groups excluding carboxylic acids is 1. The first-order chi connectivity index (χ1) is 11.0. The van der Waals surface area contributed by atoms with Gasteiger partial charge in [-0.1, -0.05) is 55.2 Å². The highest BCUT2D eigenvalue weighted by atomic mass is 35.5. The molecule has 0 aliphatic carbocycles. The first-order valence-electron chi connectivity index (χ1n) is 7.45. The van der Waals surface area contributed by atoms with E-state index in [0.717, 1.165) is 17.5 Å². The SMILES string of the molecule is CC(C)CCOc1ccc(PC(=O)c2c(Cl)cccc2Cl)cc1. The highest BCUT2D eigenvalue weighted by Gasteiger charge is 2.15. The molecule has 2 rings (SSSR count). The highest BCUT2D eigenvalue weighted by molar-refractivity contribution is 7.66. The van der Waals surface area contributed by atoms with E-state index >= 15 is 0 Å². The van der Waals surface area contributed by atoms with Crippen molar-refractivity contribution in [2.45, 2.75) is 20.3 Å². The number of benzene rings is 2. The van der Waals surface area contributed by atoms with Crippen molar-refractivity contribution in [1.82, 2.24) is 0 Å². The molecule has 0 spiro atoms. The third-order valence-electron chi connectivity index (χ3n) is 3.27. The van der Waals surface area contributed by atoms with Crippen LogP contribution in [-0.2, 0) is 0 Å². The van der Waals surface area contributed by atoms with Gasteiger partial charge in [-0.3, -0.25) is 4.79 Å². The van der Waals surface area contributed by atoms with Crippen molar-refractivity contribution in [2.75, 3.05) is 6.61 Å². The molecule has 0 fully saturated rings. The molecule has 1 unspecified atom stereocenters. The van der Waals surface area contributed by atoms with Gasteiger partial charge in [-0.05, 0) is 50.5 Å². The molecule has 122 valence electrons. The van der Waals surface area contributed by atoms with Gasteiger partial charge in [0.2, 0.25) is 0 Å². The van der Waals surface area contributed by atoms with E-state index < -0.39 is 0 Å². The average molecular weight is 369 g/mol. The van der Waals surface area contributed by atoms with E-state index in [1.165, 1.54) is 0 Å². The van der Waals surface area contributed by atoms with Crippen molar-refractivity contribution < 1.29 is 9.53 Å². The average Bonchev–Trinajstić information content (AvgIpc) is 2.48. The van der Waals surface area contributed by atoms with Gasteiger partial charge in [0.1, 0.15) is 5.75 Å². The van der Waals surface area contributed by atoms with Crippen LogP contribution in [0.5, 0.6) is 5.75 Å². The summed E-state index contributed by atoms with van der Waals surface area (Å²) in [7, 11) is -0.0202. The summed E-state index contributed by atoms with van der Waals surface area (Å²) in [4.78, 5) is 12.4. The summed E-state index contributed by atoms with van der Waals surface area (Å²) >= 11 is 12.2. The van der Waals surface area contributed by atoms with Gasteiger partial charge in [0.05, 0.1) is 22.2 Å². The summed E-state index contributed by atoms with van der Waals surface area (Å²) in [5.74, 6) is 1.44. The smallest absolute Gasteiger partial charge is 0.188 e. The van der Waals surface area contributed by atoms with Gasteiger partial charge in [0, 0.05) is 0 Å². The van der Waals surface area contributed by atoms with Crippen LogP contribution < -0.4 is 10.0 Å². The van der Waals surface area contributed by atoms with Gasteiger partial charge in [0.25, 0.3) is 0 Å². The van der Waals surface area contributed by atoms with Gasteiger partial charge < -0.3 is 4.74 Å². The van der Waals surface area contributed by atoms with Gasteiger partial charge in [-0.15, -0.1) is 0 Å². The van der Waals surface area contributed by atoms with Gasteiger partial charge in [-0.25, -0.2) is 0 Å². The second kappa shape index (κ2) is 8.68. The molecular weight excluding hydrogens is 350 g/mol. The maximum absolute atomic E-state index is 12.4.